The van der Waals surface area contributed by atoms with Crippen LogP contribution in [0.3, 0.4) is 0 Å². The Morgan fingerprint density at radius 3 is 2.48 bits per heavy atom. The van der Waals surface area contributed by atoms with Crippen LogP contribution in [0.25, 0.3) is 0 Å². The van der Waals surface area contributed by atoms with Crippen molar-refractivity contribution in [3.63, 3.8) is 0 Å². The average Bonchev–Trinajstić information content (AvgIpc) is 3.23. The minimum Gasteiger partial charge on any atom is -0.496 e. The van der Waals surface area contributed by atoms with E-state index in [-0.39, 0.29) is 12.8 Å². The van der Waals surface area contributed by atoms with Crippen molar-refractivity contribution in [1.82, 2.24) is 14.9 Å². The molecule has 1 saturated heterocycles. The SMILES string of the molecule is CCOc1ncc(C2(O)CCN(Cc3cc4c(cc3OC)OCO4)CC2)c(OCC)n1. The molecule has 1 fully saturated rings. The summed E-state index contributed by atoms with van der Waals surface area (Å²) in [4.78, 5) is 10.9. The fourth-order valence-corrected chi connectivity index (χ4v) is 3.99. The first kappa shape index (κ1) is 21.5. The summed E-state index contributed by atoms with van der Waals surface area (Å²) in [6.07, 6.45) is 2.70. The number of fused-ring (bicyclic) bond motifs is 1. The third-order valence-corrected chi connectivity index (χ3v) is 5.64. The molecule has 0 radical (unpaired) electrons. The summed E-state index contributed by atoms with van der Waals surface area (Å²) in [5, 5.41) is 11.4. The van der Waals surface area contributed by atoms with Crippen LogP contribution >= 0.6 is 0 Å². The second-order valence-electron chi connectivity index (χ2n) is 7.56. The van der Waals surface area contributed by atoms with Gasteiger partial charge in [-0.1, -0.05) is 0 Å². The molecule has 0 amide bonds. The second kappa shape index (κ2) is 9.15. The Balaban J connectivity index is 1.47. The summed E-state index contributed by atoms with van der Waals surface area (Å²) in [5.74, 6) is 2.59. The van der Waals surface area contributed by atoms with Crippen molar-refractivity contribution < 1.29 is 28.8 Å². The van der Waals surface area contributed by atoms with Crippen LogP contribution in [0, 0.1) is 0 Å². The van der Waals surface area contributed by atoms with E-state index < -0.39 is 5.60 Å². The van der Waals surface area contributed by atoms with Crippen molar-refractivity contribution >= 4 is 0 Å². The number of piperidine rings is 1. The van der Waals surface area contributed by atoms with E-state index >= 15 is 0 Å². The van der Waals surface area contributed by atoms with Gasteiger partial charge in [0.25, 0.3) is 0 Å². The molecule has 3 heterocycles. The second-order valence-corrected chi connectivity index (χ2v) is 7.56. The van der Waals surface area contributed by atoms with Gasteiger partial charge in [-0.05, 0) is 32.8 Å². The van der Waals surface area contributed by atoms with Gasteiger partial charge in [0.05, 0.1) is 31.5 Å². The van der Waals surface area contributed by atoms with E-state index in [0.29, 0.717) is 62.9 Å². The van der Waals surface area contributed by atoms with Gasteiger partial charge in [-0.15, -0.1) is 0 Å². The van der Waals surface area contributed by atoms with Crippen molar-refractivity contribution in [2.75, 3.05) is 40.2 Å². The topological polar surface area (TPSA) is 95.4 Å². The lowest BCUT2D eigenvalue weighted by Crippen LogP contribution is -2.42. The molecule has 0 bridgehead atoms. The number of methoxy groups -OCH3 is 1. The first-order chi connectivity index (χ1) is 15.1. The van der Waals surface area contributed by atoms with Gasteiger partial charge in [-0.25, -0.2) is 4.98 Å². The zero-order valence-corrected chi connectivity index (χ0v) is 18.2. The molecule has 4 rings (SSSR count). The number of benzene rings is 1. The van der Waals surface area contributed by atoms with Gasteiger partial charge in [0.15, 0.2) is 11.5 Å². The molecule has 0 unspecified atom stereocenters. The monoisotopic (exact) mass is 431 g/mol. The van der Waals surface area contributed by atoms with Crippen molar-refractivity contribution in [1.29, 1.82) is 0 Å². The van der Waals surface area contributed by atoms with Gasteiger partial charge in [0, 0.05) is 37.5 Å². The highest BCUT2D eigenvalue weighted by molar-refractivity contribution is 5.51. The van der Waals surface area contributed by atoms with E-state index in [1.807, 2.05) is 26.0 Å². The molecule has 9 heteroatoms. The number of ether oxygens (including phenoxy) is 5. The normalized spacial score (nSPS) is 17.4. The predicted octanol–water partition coefficient (Wildman–Crippen LogP) is 2.49. The fourth-order valence-electron chi connectivity index (χ4n) is 3.99. The van der Waals surface area contributed by atoms with Gasteiger partial charge in [0.1, 0.15) is 5.75 Å². The number of aromatic nitrogens is 2. The fraction of sp³-hybridized carbons (Fsp3) is 0.545. The maximum Gasteiger partial charge on any atom is 0.319 e. The molecular weight excluding hydrogens is 402 g/mol. The van der Waals surface area contributed by atoms with E-state index in [0.717, 1.165) is 17.1 Å². The van der Waals surface area contributed by atoms with E-state index in [1.54, 1.807) is 13.3 Å². The molecule has 0 aliphatic carbocycles. The number of aliphatic hydroxyl groups is 1. The first-order valence-electron chi connectivity index (χ1n) is 10.6. The molecule has 2 aliphatic heterocycles. The van der Waals surface area contributed by atoms with Gasteiger partial charge < -0.3 is 28.8 Å². The highest BCUT2D eigenvalue weighted by Gasteiger charge is 2.38. The van der Waals surface area contributed by atoms with E-state index in [2.05, 4.69) is 14.9 Å². The van der Waals surface area contributed by atoms with E-state index in [9.17, 15) is 5.11 Å². The van der Waals surface area contributed by atoms with Gasteiger partial charge >= 0.3 is 6.01 Å². The summed E-state index contributed by atoms with van der Waals surface area (Å²) in [7, 11) is 1.65. The molecule has 168 valence electrons. The molecule has 0 saturated carbocycles. The van der Waals surface area contributed by atoms with Crippen LogP contribution in [0.5, 0.6) is 29.1 Å². The first-order valence-corrected chi connectivity index (χ1v) is 10.6. The molecule has 0 spiro atoms. The molecule has 0 atom stereocenters. The van der Waals surface area contributed by atoms with Crippen molar-refractivity contribution in [3.8, 4) is 29.1 Å². The van der Waals surface area contributed by atoms with Gasteiger partial charge in [-0.3, -0.25) is 4.90 Å². The molecule has 31 heavy (non-hydrogen) atoms. The zero-order valence-electron chi connectivity index (χ0n) is 18.2. The lowest BCUT2D eigenvalue weighted by molar-refractivity contribution is -0.0304. The van der Waals surface area contributed by atoms with Crippen LogP contribution in [0.4, 0.5) is 0 Å². The predicted molar refractivity (Wildman–Crippen MR) is 112 cm³/mol. The average molecular weight is 431 g/mol. The smallest absolute Gasteiger partial charge is 0.319 e. The standard InChI is InChI=1S/C22H29N3O6/c1-4-28-20-16(12-23-21(24-20)29-5-2)22(26)6-8-25(9-7-22)13-15-10-18-19(31-14-30-18)11-17(15)27-3/h10-12,26H,4-9,13-14H2,1-3H3. The Morgan fingerprint density at radius 1 is 1.10 bits per heavy atom. The number of hydrogen-bond acceptors (Lipinski definition) is 9. The molecule has 1 N–H and O–H groups in total. The molecule has 1 aromatic heterocycles. The summed E-state index contributed by atoms with van der Waals surface area (Å²) >= 11 is 0. The molecule has 1 aromatic carbocycles. The highest BCUT2D eigenvalue weighted by Crippen LogP contribution is 2.41. The minimum atomic E-state index is -1.05. The third kappa shape index (κ3) is 4.47. The molecule has 9 nitrogen and oxygen atoms in total. The lowest BCUT2D eigenvalue weighted by Gasteiger charge is -2.38. The Labute approximate surface area is 181 Å². The maximum absolute atomic E-state index is 11.4. The Kier molecular flexibility index (Phi) is 6.33. The van der Waals surface area contributed by atoms with Crippen LogP contribution in [0.1, 0.15) is 37.8 Å². The summed E-state index contributed by atoms with van der Waals surface area (Å²) in [6.45, 7) is 6.99. The van der Waals surface area contributed by atoms with Crippen molar-refractivity contribution in [2.24, 2.45) is 0 Å². The van der Waals surface area contributed by atoms with E-state index in [4.69, 9.17) is 23.7 Å². The minimum absolute atomic E-state index is 0.227. The quantitative estimate of drug-likeness (QED) is 0.676. The maximum atomic E-state index is 11.4. The molecule has 2 aliphatic rings. The number of nitrogens with zero attached hydrogens (tertiary/aromatic N) is 3. The molecule has 2 aromatic rings. The van der Waals surface area contributed by atoms with E-state index in [1.165, 1.54) is 0 Å². The zero-order chi connectivity index (χ0) is 21.8. The van der Waals surface area contributed by atoms with Crippen LogP contribution in [0.15, 0.2) is 18.3 Å². The summed E-state index contributed by atoms with van der Waals surface area (Å²) in [6, 6.07) is 4.09. The Morgan fingerprint density at radius 2 is 1.81 bits per heavy atom. The Hall–Kier alpha value is -2.78. The summed E-state index contributed by atoms with van der Waals surface area (Å²) < 4.78 is 27.6. The van der Waals surface area contributed by atoms with Crippen molar-refractivity contribution in [3.05, 3.63) is 29.5 Å². The van der Waals surface area contributed by atoms with Crippen molar-refractivity contribution in [2.45, 2.75) is 38.8 Å². The van der Waals surface area contributed by atoms with Crippen LogP contribution < -0.4 is 23.7 Å². The number of rotatable bonds is 8. The van der Waals surface area contributed by atoms with Crippen LogP contribution in [-0.2, 0) is 12.1 Å². The highest BCUT2D eigenvalue weighted by atomic mass is 16.7. The van der Waals surface area contributed by atoms with Crippen LogP contribution in [-0.4, -0.2) is 60.2 Å². The number of likely N-dealkylation sites (tertiary alicyclic amines) is 1. The summed E-state index contributed by atoms with van der Waals surface area (Å²) in [5.41, 5.74) is 0.583. The Bertz CT molecular complexity index is 914. The third-order valence-electron chi connectivity index (χ3n) is 5.64. The van der Waals surface area contributed by atoms with Gasteiger partial charge in [-0.2, -0.15) is 4.98 Å². The van der Waals surface area contributed by atoms with Crippen LogP contribution in [0.2, 0.25) is 0 Å². The van der Waals surface area contributed by atoms with Gasteiger partial charge in [0.2, 0.25) is 12.7 Å². The largest absolute Gasteiger partial charge is 0.496 e. The lowest BCUT2D eigenvalue weighted by atomic mass is 9.85. The molecular formula is C22H29N3O6. The number of hydrogen-bond donors (Lipinski definition) is 1.